The molecule has 1 aliphatic heterocycles. The summed E-state index contributed by atoms with van der Waals surface area (Å²) in [5.74, 6) is -1.22. The number of carbonyl (C=O) groups excluding carboxylic acids is 1. The SMILES string of the molecule is COCC1CCN(CC(=O)c2ccc(F)cc2F)CC1. The van der Waals surface area contributed by atoms with E-state index in [9.17, 15) is 13.6 Å². The number of carbonyl (C=O) groups is 1. The summed E-state index contributed by atoms with van der Waals surface area (Å²) in [6, 6.07) is 3.07. The van der Waals surface area contributed by atoms with Gasteiger partial charge in [-0.2, -0.15) is 0 Å². The van der Waals surface area contributed by atoms with Crippen LogP contribution in [0.5, 0.6) is 0 Å². The number of Topliss-reactive ketones (excluding diaryl/α,β-unsaturated/α-hetero) is 1. The normalized spacial score (nSPS) is 17.4. The quantitative estimate of drug-likeness (QED) is 0.778. The van der Waals surface area contributed by atoms with Crippen LogP contribution in [0.2, 0.25) is 0 Å². The van der Waals surface area contributed by atoms with Crippen LogP contribution in [0.4, 0.5) is 8.78 Å². The molecule has 0 unspecified atom stereocenters. The van der Waals surface area contributed by atoms with Crippen molar-refractivity contribution in [3.63, 3.8) is 0 Å². The van der Waals surface area contributed by atoms with Crippen molar-refractivity contribution in [3.8, 4) is 0 Å². The molecule has 1 saturated heterocycles. The van der Waals surface area contributed by atoms with E-state index in [2.05, 4.69) is 0 Å². The molecule has 1 aliphatic rings. The van der Waals surface area contributed by atoms with E-state index in [1.165, 1.54) is 6.07 Å². The van der Waals surface area contributed by atoms with Crippen molar-refractivity contribution in [2.75, 3.05) is 33.4 Å². The minimum Gasteiger partial charge on any atom is -0.384 e. The van der Waals surface area contributed by atoms with Gasteiger partial charge >= 0.3 is 0 Å². The largest absolute Gasteiger partial charge is 0.384 e. The van der Waals surface area contributed by atoms with Gasteiger partial charge in [0.2, 0.25) is 0 Å². The maximum Gasteiger partial charge on any atom is 0.179 e. The Morgan fingerprint density at radius 1 is 1.35 bits per heavy atom. The fourth-order valence-corrected chi connectivity index (χ4v) is 2.55. The summed E-state index contributed by atoms with van der Waals surface area (Å²) >= 11 is 0. The van der Waals surface area contributed by atoms with Gasteiger partial charge in [0.1, 0.15) is 11.6 Å². The summed E-state index contributed by atoms with van der Waals surface area (Å²) in [5.41, 5.74) is -0.0367. The lowest BCUT2D eigenvalue weighted by Crippen LogP contribution is -2.38. The maximum absolute atomic E-state index is 13.5. The zero-order chi connectivity index (χ0) is 14.5. The highest BCUT2D eigenvalue weighted by Crippen LogP contribution is 2.18. The third kappa shape index (κ3) is 3.84. The number of ether oxygens (including phenoxy) is 1. The van der Waals surface area contributed by atoms with E-state index in [4.69, 9.17) is 4.74 Å². The van der Waals surface area contributed by atoms with Crippen molar-refractivity contribution in [3.05, 3.63) is 35.4 Å². The number of benzene rings is 1. The van der Waals surface area contributed by atoms with Crippen LogP contribution in [-0.4, -0.2) is 44.0 Å². The summed E-state index contributed by atoms with van der Waals surface area (Å²) in [7, 11) is 1.69. The summed E-state index contributed by atoms with van der Waals surface area (Å²) in [5, 5.41) is 0. The predicted molar refractivity (Wildman–Crippen MR) is 71.7 cm³/mol. The van der Waals surface area contributed by atoms with E-state index in [0.717, 1.165) is 44.7 Å². The van der Waals surface area contributed by atoms with Crippen LogP contribution in [-0.2, 0) is 4.74 Å². The number of rotatable bonds is 5. The Morgan fingerprint density at radius 3 is 2.65 bits per heavy atom. The zero-order valence-electron chi connectivity index (χ0n) is 11.6. The van der Waals surface area contributed by atoms with Gasteiger partial charge < -0.3 is 4.74 Å². The molecule has 0 amide bonds. The number of ketones is 1. The lowest BCUT2D eigenvalue weighted by atomic mass is 9.97. The topological polar surface area (TPSA) is 29.5 Å². The third-order valence-electron chi connectivity index (χ3n) is 3.71. The number of piperidine rings is 1. The molecule has 0 bridgehead atoms. The van der Waals surface area contributed by atoms with E-state index in [-0.39, 0.29) is 17.9 Å². The number of methoxy groups -OCH3 is 1. The molecule has 1 heterocycles. The molecule has 1 aromatic rings. The van der Waals surface area contributed by atoms with Crippen molar-refractivity contribution in [2.45, 2.75) is 12.8 Å². The smallest absolute Gasteiger partial charge is 0.179 e. The Bertz CT molecular complexity index is 471. The Kier molecular flexibility index (Phi) is 5.20. The molecule has 0 aliphatic carbocycles. The highest BCUT2D eigenvalue weighted by molar-refractivity contribution is 5.97. The van der Waals surface area contributed by atoms with E-state index in [0.29, 0.717) is 5.92 Å². The van der Waals surface area contributed by atoms with Gasteiger partial charge in [0.25, 0.3) is 0 Å². The van der Waals surface area contributed by atoms with Gasteiger partial charge in [0.15, 0.2) is 5.78 Å². The Hall–Kier alpha value is -1.33. The number of hydrogen-bond donors (Lipinski definition) is 0. The van der Waals surface area contributed by atoms with Crippen molar-refractivity contribution in [2.24, 2.45) is 5.92 Å². The number of likely N-dealkylation sites (tertiary alicyclic amines) is 1. The highest BCUT2D eigenvalue weighted by Gasteiger charge is 2.22. The van der Waals surface area contributed by atoms with Crippen molar-refractivity contribution < 1.29 is 18.3 Å². The first-order valence-electron chi connectivity index (χ1n) is 6.79. The zero-order valence-corrected chi connectivity index (χ0v) is 11.6. The molecular weight excluding hydrogens is 264 g/mol. The van der Waals surface area contributed by atoms with Crippen molar-refractivity contribution in [1.82, 2.24) is 4.90 Å². The first-order valence-corrected chi connectivity index (χ1v) is 6.79. The summed E-state index contributed by atoms with van der Waals surface area (Å²) in [6.45, 7) is 2.54. The maximum atomic E-state index is 13.5. The standard InChI is InChI=1S/C15H19F2NO2/c1-20-10-11-4-6-18(7-5-11)9-15(19)13-3-2-12(16)8-14(13)17/h2-3,8,11H,4-7,9-10H2,1H3. The molecule has 1 aromatic carbocycles. The summed E-state index contributed by atoms with van der Waals surface area (Å²) in [4.78, 5) is 14.0. The molecule has 3 nitrogen and oxygen atoms in total. The van der Waals surface area contributed by atoms with Gasteiger partial charge in [-0.15, -0.1) is 0 Å². The molecular formula is C15H19F2NO2. The molecule has 2 rings (SSSR count). The van der Waals surface area contributed by atoms with Gasteiger partial charge in [0, 0.05) is 19.8 Å². The van der Waals surface area contributed by atoms with Gasteiger partial charge in [-0.1, -0.05) is 0 Å². The van der Waals surface area contributed by atoms with Crippen LogP contribution >= 0.6 is 0 Å². The monoisotopic (exact) mass is 283 g/mol. The van der Waals surface area contributed by atoms with Gasteiger partial charge in [-0.25, -0.2) is 8.78 Å². The Labute approximate surface area is 117 Å². The number of halogens is 2. The van der Waals surface area contributed by atoms with Gasteiger partial charge in [-0.3, -0.25) is 9.69 Å². The lowest BCUT2D eigenvalue weighted by Gasteiger charge is -2.31. The first kappa shape index (κ1) is 15.1. The van der Waals surface area contributed by atoms with E-state index >= 15 is 0 Å². The van der Waals surface area contributed by atoms with Crippen LogP contribution in [0.25, 0.3) is 0 Å². The Morgan fingerprint density at radius 2 is 2.05 bits per heavy atom. The van der Waals surface area contributed by atoms with Crippen molar-refractivity contribution >= 4 is 5.78 Å². The molecule has 110 valence electrons. The molecule has 1 fully saturated rings. The second-order valence-corrected chi connectivity index (χ2v) is 5.22. The molecule has 0 saturated carbocycles. The molecule has 0 aromatic heterocycles. The lowest BCUT2D eigenvalue weighted by molar-refractivity contribution is 0.0807. The minimum absolute atomic E-state index is 0.0367. The van der Waals surface area contributed by atoms with Crippen LogP contribution in [0, 0.1) is 17.6 Å². The van der Waals surface area contributed by atoms with Gasteiger partial charge in [0.05, 0.1) is 12.1 Å². The van der Waals surface area contributed by atoms with Gasteiger partial charge in [-0.05, 0) is 44.0 Å². The van der Waals surface area contributed by atoms with E-state index < -0.39 is 11.6 Å². The predicted octanol–water partition coefficient (Wildman–Crippen LogP) is 2.51. The molecule has 0 atom stereocenters. The number of nitrogens with zero attached hydrogens (tertiary/aromatic N) is 1. The van der Waals surface area contributed by atoms with Crippen LogP contribution in [0.15, 0.2) is 18.2 Å². The van der Waals surface area contributed by atoms with Crippen LogP contribution in [0.3, 0.4) is 0 Å². The van der Waals surface area contributed by atoms with Crippen LogP contribution in [0.1, 0.15) is 23.2 Å². The second-order valence-electron chi connectivity index (χ2n) is 5.22. The second kappa shape index (κ2) is 6.90. The molecule has 5 heteroatoms. The average molecular weight is 283 g/mol. The third-order valence-corrected chi connectivity index (χ3v) is 3.71. The molecule has 0 N–H and O–H groups in total. The van der Waals surface area contributed by atoms with Crippen molar-refractivity contribution in [1.29, 1.82) is 0 Å². The molecule has 20 heavy (non-hydrogen) atoms. The van der Waals surface area contributed by atoms with E-state index in [1.54, 1.807) is 7.11 Å². The number of hydrogen-bond acceptors (Lipinski definition) is 3. The molecule has 0 radical (unpaired) electrons. The fourth-order valence-electron chi connectivity index (χ4n) is 2.55. The highest BCUT2D eigenvalue weighted by atomic mass is 19.1. The summed E-state index contributed by atoms with van der Waals surface area (Å²) < 4.78 is 31.5. The molecule has 0 spiro atoms. The van der Waals surface area contributed by atoms with E-state index in [1.807, 2.05) is 4.90 Å². The fraction of sp³-hybridized carbons (Fsp3) is 0.533. The minimum atomic E-state index is -0.788. The first-order chi connectivity index (χ1) is 9.60. The van der Waals surface area contributed by atoms with Crippen LogP contribution < -0.4 is 0 Å². The summed E-state index contributed by atoms with van der Waals surface area (Å²) in [6.07, 6.45) is 1.96. The average Bonchev–Trinajstić information content (AvgIpc) is 2.41. The Balaban J connectivity index is 1.89.